The number of rotatable bonds is 5. The average Bonchev–Trinajstić information content (AvgIpc) is 2.52. The second kappa shape index (κ2) is 4.91. The molecule has 1 atom stereocenters. The monoisotopic (exact) mass is 213 g/mol. The first-order chi connectivity index (χ1) is 6.58. The van der Waals surface area contributed by atoms with Gasteiger partial charge in [-0.1, -0.05) is 6.92 Å². The fraction of sp³-hybridized carbons (Fsp3) is 0.636. The smallest absolute Gasteiger partial charge is 0.100 e. The Morgan fingerprint density at radius 3 is 2.79 bits per heavy atom. The van der Waals surface area contributed by atoms with Gasteiger partial charge in [0.05, 0.1) is 0 Å². The lowest BCUT2D eigenvalue weighted by atomic mass is 9.97. The summed E-state index contributed by atoms with van der Waals surface area (Å²) in [7, 11) is 0. The fourth-order valence-electron chi connectivity index (χ4n) is 1.55. The fourth-order valence-corrected chi connectivity index (χ4v) is 2.37. The van der Waals surface area contributed by atoms with Gasteiger partial charge in [0.1, 0.15) is 5.60 Å². The van der Waals surface area contributed by atoms with Gasteiger partial charge in [-0.2, -0.15) is 0 Å². The molecule has 0 amide bonds. The quantitative estimate of drug-likeness (QED) is 0.735. The minimum atomic E-state index is -0.737. The molecule has 1 aromatic heterocycles. The molecular weight excluding hydrogens is 194 g/mol. The van der Waals surface area contributed by atoms with Crippen molar-refractivity contribution in [2.45, 2.75) is 32.8 Å². The van der Waals surface area contributed by atoms with Crippen LogP contribution in [0, 0.1) is 6.92 Å². The largest absolute Gasteiger partial charge is 0.384 e. The van der Waals surface area contributed by atoms with E-state index in [9.17, 15) is 5.11 Å². The van der Waals surface area contributed by atoms with Crippen molar-refractivity contribution in [1.82, 2.24) is 5.32 Å². The SMILES string of the molecule is CCCNCC(C)(O)c1ccsc1C. The molecule has 0 fully saturated rings. The van der Waals surface area contributed by atoms with Crippen LogP contribution in [0.3, 0.4) is 0 Å². The topological polar surface area (TPSA) is 32.3 Å². The van der Waals surface area contributed by atoms with Crippen molar-refractivity contribution in [1.29, 1.82) is 0 Å². The highest BCUT2D eigenvalue weighted by atomic mass is 32.1. The van der Waals surface area contributed by atoms with Crippen molar-refractivity contribution < 1.29 is 5.11 Å². The molecule has 0 aromatic carbocycles. The Morgan fingerprint density at radius 2 is 2.29 bits per heavy atom. The molecule has 1 unspecified atom stereocenters. The molecule has 0 saturated carbocycles. The summed E-state index contributed by atoms with van der Waals surface area (Å²) in [5, 5.41) is 15.5. The highest BCUT2D eigenvalue weighted by molar-refractivity contribution is 7.10. The van der Waals surface area contributed by atoms with Crippen LogP contribution in [0.1, 0.15) is 30.7 Å². The molecular formula is C11H19NOS. The number of hydrogen-bond acceptors (Lipinski definition) is 3. The minimum absolute atomic E-state index is 0.623. The van der Waals surface area contributed by atoms with Gasteiger partial charge in [0.25, 0.3) is 0 Å². The standard InChI is InChI=1S/C11H19NOS/c1-4-6-12-8-11(3,13)10-5-7-14-9(10)2/h5,7,12-13H,4,6,8H2,1-3H3. The van der Waals surface area contributed by atoms with Crippen LogP contribution in [0.15, 0.2) is 11.4 Å². The number of thiophene rings is 1. The molecule has 0 aliphatic rings. The van der Waals surface area contributed by atoms with E-state index in [-0.39, 0.29) is 0 Å². The second-order valence-electron chi connectivity index (χ2n) is 3.84. The zero-order valence-electron chi connectivity index (χ0n) is 9.13. The second-order valence-corrected chi connectivity index (χ2v) is 4.96. The van der Waals surface area contributed by atoms with E-state index in [1.165, 1.54) is 4.88 Å². The van der Waals surface area contributed by atoms with Crippen molar-refractivity contribution in [3.05, 3.63) is 21.9 Å². The summed E-state index contributed by atoms with van der Waals surface area (Å²) >= 11 is 1.68. The van der Waals surface area contributed by atoms with E-state index in [2.05, 4.69) is 12.2 Å². The van der Waals surface area contributed by atoms with E-state index in [0.29, 0.717) is 6.54 Å². The zero-order valence-corrected chi connectivity index (χ0v) is 9.95. The molecule has 1 heterocycles. The Kier molecular flexibility index (Phi) is 4.11. The van der Waals surface area contributed by atoms with Gasteiger partial charge in [-0.25, -0.2) is 0 Å². The Bertz CT molecular complexity index is 281. The predicted octanol–water partition coefficient (Wildman–Crippen LogP) is 2.26. The van der Waals surface area contributed by atoms with Gasteiger partial charge >= 0.3 is 0 Å². The van der Waals surface area contributed by atoms with Crippen LogP contribution in [0.2, 0.25) is 0 Å². The van der Waals surface area contributed by atoms with Gasteiger partial charge < -0.3 is 10.4 Å². The maximum atomic E-state index is 10.2. The third-order valence-corrected chi connectivity index (χ3v) is 3.18. The van der Waals surface area contributed by atoms with Crippen LogP contribution >= 0.6 is 11.3 Å². The summed E-state index contributed by atoms with van der Waals surface area (Å²) in [5.74, 6) is 0. The van der Waals surface area contributed by atoms with E-state index in [1.54, 1.807) is 11.3 Å². The van der Waals surface area contributed by atoms with Crippen LogP contribution in [0.4, 0.5) is 0 Å². The van der Waals surface area contributed by atoms with Gasteiger partial charge in [-0.3, -0.25) is 0 Å². The normalized spacial score (nSPS) is 15.4. The maximum absolute atomic E-state index is 10.2. The average molecular weight is 213 g/mol. The molecule has 1 rings (SSSR count). The Morgan fingerprint density at radius 1 is 1.57 bits per heavy atom. The van der Waals surface area contributed by atoms with Crippen LogP contribution in [0.5, 0.6) is 0 Å². The number of aliphatic hydroxyl groups is 1. The van der Waals surface area contributed by atoms with E-state index >= 15 is 0 Å². The van der Waals surface area contributed by atoms with Crippen molar-refractivity contribution in [2.24, 2.45) is 0 Å². The molecule has 2 N–H and O–H groups in total. The van der Waals surface area contributed by atoms with Gasteiger partial charge in [-0.05, 0) is 43.8 Å². The van der Waals surface area contributed by atoms with Crippen LogP contribution in [-0.4, -0.2) is 18.2 Å². The van der Waals surface area contributed by atoms with E-state index in [1.807, 2.05) is 25.3 Å². The van der Waals surface area contributed by atoms with Crippen molar-refractivity contribution in [3.63, 3.8) is 0 Å². The highest BCUT2D eigenvalue weighted by Crippen LogP contribution is 2.26. The zero-order chi connectivity index (χ0) is 10.6. The molecule has 14 heavy (non-hydrogen) atoms. The lowest BCUT2D eigenvalue weighted by molar-refractivity contribution is 0.0571. The third-order valence-electron chi connectivity index (χ3n) is 2.34. The first-order valence-electron chi connectivity index (χ1n) is 5.05. The molecule has 0 radical (unpaired) electrons. The van der Waals surface area contributed by atoms with Crippen LogP contribution in [-0.2, 0) is 5.60 Å². The molecule has 2 nitrogen and oxygen atoms in total. The number of hydrogen-bond donors (Lipinski definition) is 2. The van der Waals surface area contributed by atoms with Gasteiger partial charge in [0, 0.05) is 11.4 Å². The molecule has 0 aliphatic carbocycles. The minimum Gasteiger partial charge on any atom is -0.384 e. The first-order valence-corrected chi connectivity index (χ1v) is 5.93. The summed E-state index contributed by atoms with van der Waals surface area (Å²) in [6, 6.07) is 2.01. The first kappa shape index (κ1) is 11.7. The van der Waals surface area contributed by atoms with Crippen LogP contribution < -0.4 is 5.32 Å². The summed E-state index contributed by atoms with van der Waals surface area (Å²) < 4.78 is 0. The molecule has 0 aliphatic heterocycles. The highest BCUT2D eigenvalue weighted by Gasteiger charge is 2.24. The lowest BCUT2D eigenvalue weighted by Gasteiger charge is -2.24. The summed E-state index contributed by atoms with van der Waals surface area (Å²) in [6.45, 7) is 7.62. The summed E-state index contributed by atoms with van der Waals surface area (Å²) in [6.07, 6.45) is 1.10. The molecule has 0 saturated heterocycles. The summed E-state index contributed by atoms with van der Waals surface area (Å²) in [4.78, 5) is 1.20. The Labute approximate surface area is 90.0 Å². The maximum Gasteiger partial charge on any atom is 0.100 e. The number of aryl methyl sites for hydroxylation is 1. The Hall–Kier alpha value is -0.380. The van der Waals surface area contributed by atoms with Crippen molar-refractivity contribution in [3.8, 4) is 0 Å². The predicted molar refractivity (Wildman–Crippen MR) is 61.8 cm³/mol. The molecule has 80 valence electrons. The van der Waals surface area contributed by atoms with E-state index in [0.717, 1.165) is 18.5 Å². The van der Waals surface area contributed by atoms with Gasteiger partial charge in [-0.15, -0.1) is 11.3 Å². The van der Waals surface area contributed by atoms with Gasteiger partial charge in [0.2, 0.25) is 0 Å². The molecule has 3 heteroatoms. The van der Waals surface area contributed by atoms with Crippen LogP contribution in [0.25, 0.3) is 0 Å². The molecule has 0 spiro atoms. The lowest BCUT2D eigenvalue weighted by Crippen LogP contribution is -2.35. The van der Waals surface area contributed by atoms with E-state index < -0.39 is 5.60 Å². The van der Waals surface area contributed by atoms with Gasteiger partial charge in [0.15, 0.2) is 0 Å². The molecule has 1 aromatic rings. The third kappa shape index (κ3) is 2.80. The van der Waals surface area contributed by atoms with E-state index in [4.69, 9.17) is 0 Å². The van der Waals surface area contributed by atoms with Crippen molar-refractivity contribution in [2.75, 3.05) is 13.1 Å². The Balaban J connectivity index is 2.61. The number of nitrogens with one attached hydrogen (secondary N) is 1. The molecule has 0 bridgehead atoms. The van der Waals surface area contributed by atoms with Crippen molar-refractivity contribution >= 4 is 11.3 Å². The summed E-state index contributed by atoms with van der Waals surface area (Å²) in [5.41, 5.74) is 0.310.